The second-order valence-corrected chi connectivity index (χ2v) is 7.07. The fourth-order valence-corrected chi connectivity index (χ4v) is 2.94. The van der Waals surface area contributed by atoms with E-state index in [1.54, 1.807) is 24.3 Å². The molecule has 0 unspecified atom stereocenters. The van der Waals surface area contributed by atoms with Crippen molar-refractivity contribution in [1.82, 2.24) is 10.9 Å². The third kappa shape index (κ3) is 6.77. The van der Waals surface area contributed by atoms with E-state index in [4.69, 9.17) is 14.2 Å². The summed E-state index contributed by atoms with van der Waals surface area (Å²) in [6.07, 6.45) is 0. The van der Waals surface area contributed by atoms with Gasteiger partial charge in [-0.2, -0.15) is 0 Å². The second-order valence-electron chi connectivity index (χ2n) is 7.07. The van der Waals surface area contributed by atoms with E-state index in [0.29, 0.717) is 23.7 Å². The number of hydrogen-bond acceptors (Lipinski definition) is 5. The Hall–Kier alpha value is -4.00. The van der Waals surface area contributed by atoms with Crippen molar-refractivity contribution >= 4 is 11.8 Å². The first-order chi connectivity index (χ1) is 15.5. The molecule has 0 aliphatic heterocycles. The lowest BCUT2D eigenvalue weighted by Crippen LogP contribution is -2.44. The zero-order valence-corrected chi connectivity index (χ0v) is 18.1. The minimum absolute atomic E-state index is 0.223. The van der Waals surface area contributed by atoms with E-state index < -0.39 is 11.8 Å². The Balaban J connectivity index is 1.45. The molecule has 3 aromatic rings. The highest BCUT2D eigenvalue weighted by Gasteiger charge is 2.13. The van der Waals surface area contributed by atoms with Crippen LogP contribution in [0.3, 0.4) is 0 Å². The lowest BCUT2D eigenvalue weighted by Gasteiger charge is -2.13. The summed E-state index contributed by atoms with van der Waals surface area (Å²) in [4.78, 5) is 24.6. The van der Waals surface area contributed by atoms with Gasteiger partial charge in [0.05, 0.1) is 5.56 Å². The van der Waals surface area contributed by atoms with Crippen LogP contribution in [0, 0.1) is 13.8 Å². The van der Waals surface area contributed by atoms with Gasteiger partial charge < -0.3 is 14.2 Å². The van der Waals surface area contributed by atoms with Gasteiger partial charge in [-0.3, -0.25) is 20.4 Å². The third-order valence-corrected chi connectivity index (χ3v) is 4.49. The number of hydrogen-bond donors (Lipinski definition) is 2. The highest BCUT2D eigenvalue weighted by atomic mass is 16.5. The van der Waals surface area contributed by atoms with Crippen LogP contribution in [0.4, 0.5) is 0 Å². The van der Waals surface area contributed by atoms with Crippen molar-refractivity contribution in [2.45, 2.75) is 13.8 Å². The summed E-state index contributed by atoms with van der Waals surface area (Å²) >= 11 is 0. The van der Waals surface area contributed by atoms with Gasteiger partial charge in [0.25, 0.3) is 11.8 Å². The van der Waals surface area contributed by atoms with Gasteiger partial charge in [-0.1, -0.05) is 48.0 Å². The average molecular weight is 434 g/mol. The monoisotopic (exact) mass is 434 g/mol. The molecule has 7 heteroatoms. The maximum atomic E-state index is 12.5. The lowest BCUT2D eigenvalue weighted by molar-refractivity contribution is -0.123. The number of benzene rings is 3. The molecule has 0 atom stereocenters. The first-order valence-corrected chi connectivity index (χ1v) is 10.2. The molecule has 0 heterocycles. The van der Waals surface area contributed by atoms with Crippen molar-refractivity contribution < 1.29 is 23.8 Å². The Morgan fingerprint density at radius 1 is 0.750 bits per heavy atom. The van der Waals surface area contributed by atoms with E-state index in [2.05, 4.69) is 10.9 Å². The summed E-state index contributed by atoms with van der Waals surface area (Å²) in [5, 5.41) is 0. The second kappa shape index (κ2) is 11.4. The molecule has 2 amide bonds. The predicted octanol–water partition coefficient (Wildman–Crippen LogP) is 3.60. The van der Waals surface area contributed by atoms with Gasteiger partial charge in [0, 0.05) is 0 Å². The van der Waals surface area contributed by atoms with Crippen LogP contribution in [0.25, 0.3) is 0 Å². The van der Waals surface area contributed by atoms with Crippen LogP contribution >= 0.6 is 0 Å². The molecule has 0 aromatic heterocycles. The van der Waals surface area contributed by atoms with Crippen molar-refractivity contribution in [2.24, 2.45) is 0 Å². The molecule has 0 saturated carbocycles. The van der Waals surface area contributed by atoms with Gasteiger partial charge in [0.2, 0.25) is 0 Å². The van der Waals surface area contributed by atoms with E-state index in [0.717, 1.165) is 16.9 Å². The Kier molecular flexibility index (Phi) is 8.09. The van der Waals surface area contributed by atoms with E-state index in [1.807, 2.05) is 62.4 Å². The minimum Gasteiger partial charge on any atom is -0.490 e. The molecule has 166 valence electrons. The number of para-hydroxylation sites is 2. The van der Waals surface area contributed by atoms with Gasteiger partial charge in [0.1, 0.15) is 30.5 Å². The minimum atomic E-state index is -0.496. The van der Waals surface area contributed by atoms with E-state index in [1.165, 1.54) is 0 Å². The van der Waals surface area contributed by atoms with Gasteiger partial charge >= 0.3 is 0 Å². The molecule has 0 saturated heterocycles. The first-order valence-electron chi connectivity index (χ1n) is 10.2. The molecule has 0 fully saturated rings. The standard InChI is InChI=1S/C25H26N2O5/c1-18-12-13-22(19(2)16-18)32-17-24(28)26-27-25(29)21-10-6-7-11-23(21)31-15-14-30-20-8-4-3-5-9-20/h3-13,16H,14-15,17H2,1-2H3,(H,26,28)(H,27,29). The van der Waals surface area contributed by atoms with Crippen molar-refractivity contribution in [3.63, 3.8) is 0 Å². The number of nitrogens with one attached hydrogen (secondary N) is 2. The lowest BCUT2D eigenvalue weighted by atomic mass is 10.1. The fraction of sp³-hybridized carbons (Fsp3) is 0.200. The van der Waals surface area contributed by atoms with Gasteiger partial charge in [0.15, 0.2) is 6.61 Å². The molecular weight excluding hydrogens is 408 g/mol. The summed E-state index contributed by atoms with van der Waals surface area (Å²) in [5.41, 5.74) is 7.08. The van der Waals surface area contributed by atoms with E-state index in [-0.39, 0.29) is 13.2 Å². The molecule has 0 spiro atoms. The third-order valence-electron chi connectivity index (χ3n) is 4.49. The Labute approximate surface area is 187 Å². The largest absolute Gasteiger partial charge is 0.490 e. The van der Waals surface area contributed by atoms with E-state index >= 15 is 0 Å². The maximum absolute atomic E-state index is 12.5. The molecule has 2 N–H and O–H groups in total. The molecule has 0 aliphatic rings. The molecule has 7 nitrogen and oxygen atoms in total. The molecule has 0 radical (unpaired) electrons. The van der Waals surface area contributed by atoms with Crippen molar-refractivity contribution in [1.29, 1.82) is 0 Å². The van der Waals surface area contributed by atoms with Crippen molar-refractivity contribution in [2.75, 3.05) is 19.8 Å². The van der Waals surface area contributed by atoms with Gasteiger partial charge in [-0.05, 0) is 49.7 Å². The molecule has 3 aromatic carbocycles. The molecule has 3 rings (SSSR count). The number of carbonyl (C=O) groups is 2. The number of carbonyl (C=O) groups excluding carboxylic acids is 2. The topological polar surface area (TPSA) is 85.9 Å². The quantitative estimate of drug-likeness (QED) is 0.397. The summed E-state index contributed by atoms with van der Waals surface area (Å²) in [6.45, 7) is 4.25. The predicted molar refractivity (Wildman–Crippen MR) is 121 cm³/mol. The zero-order chi connectivity index (χ0) is 22.8. The zero-order valence-electron chi connectivity index (χ0n) is 18.1. The van der Waals surface area contributed by atoms with Gasteiger partial charge in [-0.25, -0.2) is 0 Å². The van der Waals surface area contributed by atoms with Crippen LogP contribution in [-0.4, -0.2) is 31.6 Å². The van der Waals surface area contributed by atoms with Crippen LogP contribution < -0.4 is 25.1 Å². The van der Waals surface area contributed by atoms with E-state index in [9.17, 15) is 9.59 Å². The average Bonchev–Trinajstić information content (AvgIpc) is 2.80. The summed E-state index contributed by atoms with van der Waals surface area (Å²) in [7, 11) is 0. The van der Waals surface area contributed by atoms with Gasteiger partial charge in [-0.15, -0.1) is 0 Å². The normalized spacial score (nSPS) is 10.2. The Bertz CT molecular complexity index is 1050. The Morgan fingerprint density at radius 2 is 1.47 bits per heavy atom. The van der Waals surface area contributed by atoms with Crippen LogP contribution in [0.15, 0.2) is 72.8 Å². The van der Waals surface area contributed by atoms with Crippen molar-refractivity contribution in [3.05, 3.63) is 89.5 Å². The number of hydrazine groups is 1. The number of rotatable bonds is 9. The Morgan fingerprint density at radius 3 is 2.25 bits per heavy atom. The van der Waals surface area contributed by atoms with Crippen LogP contribution in [0.2, 0.25) is 0 Å². The first kappa shape index (κ1) is 22.7. The summed E-state index contributed by atoms with van der Waals surface area (Å²) < 4.78 is 16.8. The smallest absolute Gasteiger partial charge is 0.276 e. The SMILES string of the molecule is Cc1ccc(OCC(=O)NNC(=O)c2ccccc2OCCOc2ccccc2)c(C)c1. The summed E-state index contributed by atoms with van der Waals surface area (Å²) in [6, 6.07) is 21.9. The highest BCUT2D eigenvalue weighted by molar-refractivity contribution is 5.97. The maximum Gasteiger partial charge on any atom is 0.276 e. The fourth-order valence-electron chi connectivity index (χ4n) is 2.94. The molecular formula is C25H26N2O5. The number of amides is 2. The van der Waals surface area contributed by atoms with Crippen LogP contribution in [0.5, 0.6) is 17.2 Å². The highest BCUT2D eigenvalue weighted by Crippen LogP contribution is 2.19. The van der Waals surface area contributed by atoms with Crippen molar-refractivity contribution in [3.8, 4) is 17.2 Å². The number of ether oxygens (including phenoxy) is 3. The summed E-state index contributed by atoms with van der Waals surface area (Å²) in [5.74, 6) is 0.779. The molecule has 0 aliphatic carbocycles. The number of aryl methyl sites for hydroxylation is 2. The van der Waals surface area contributed by atoms with Crippen LogP contribution in [-0.2, 0) is 4.79 Å². The molecule has 32 heavy (non-hydrogen) atoms. The van der Waals surface area contributed by atoms with Crippen LogP contribution in [0.1, 0.15) is 21.5 Å². The molecule has 0 bridgehead atoms.